The van der Waals surface area contributed by atoms with Crippen LogP contribution in [0.25, 0.3) is 6.08 Å². The van der Waals surface area contributed by atoms with Crippen molar-refractivity contribution in [3.8, 4) is 0 Å². The molecule has 2 N–H and O–H groups in total. The third-order valence-corrected chi connectivity index (χ3v) is 3.87. The van der Waals surface area contributed by atoms with Crippen molar-refractivity contribution in [2.24, 2.45) is 5.92 Å². The average Bonchev–Trinajstić information content (AvgIpc) is 3.41. The number of anilines is 2. The van der Waals surface area contributed by atoms with Gasteiger partial charge in [0.05, 0.1) is 0 Å². The molecule has 1 aliphatic carbocycles. The van der Waals surface area contributed by atoms with Crippen molar-refractivity contribution < 1.29 is 9.59 Å². The molecule has 1 saturated carbocycles. The van der Waals surface area contributed by atoms with E-state index < -0.39 is 0 Å². The van der Waals surface area contributed by atoms with E-state index in [1.54, 1.807) is 30.3 Å². The molecule has 0 bridgehead atoms. The Balaban J connectivity index is 1.53. The second-order valence-corrected chi connectivity index (χ2v) is 6.07. The maximum atomic E-state index is 11.9. The summed E-state index contributed by atoms with van der Waals surface area (Å²) in [6.45, 7) is 2.02. The molecule has 1 aliphatic rings. The number of carbonyl (C=O) groups excluding carboxylic acids is 2. The largest absolute Gasteiger partial charge is 0.326 e. The molecule has 2 aromatic rings. The van der Waals surface area contributed by atoms with E-state index in [-0.39, 0.29) is 17.7 Å². The highest BCUT2D eigenvalue weighted by Crippen LogP contribution is 2.30. The monoisotopic (exact) mass is 320 g/mol. The lowest BCUT2D eigenvalue weighted by atomic mass is 10.1. The third kappa shape index (κ3) is 4.56. The molecule has 4 nitrogen and oxygen atoms in total. The predicted octanol–water partition coefficient (Wildman–Crippen LogP) is 4.00. The van der Waals surface area contributed by atoms with E-state index in [0.717, 1.165) is 24.1 Å². The van der Waals surface area contributed by atoms with E-state index in [1.807, 2.05) is 31.2 Å². The fourth-order valence-corrected chi connectivity index (χ4v) is 2.26. The Kier molecular flexibility index (Phi) is 4.75. The van der Waals surface area contributed by atoms with Crippen LogP contribution in [-0.2, 0) is 9.59 Å². The number of hydrogen-bond donors (Lipinski definition) is 2. The van der Waals surface area contributed by atoms with Gasteiger partial charge in [0.25, 0.3) is 0 Å². The standard InChI is InChI=1S/C20H20N2O2/c1-14-2-4-15(5-3-14)6-13-19(23)21-17-9-11-18(12-10-17)22-20(24)16-7-8-16/h2-6,9-13,16H,7-8H2,1H3,(H,21,23)(H,22,24)/b13-6+. The Labute approximate surface area is 141 Å². The van der Waals surface area contributed by atoms with Gasteiger partial charge in [0.1, 0.15) is 0 Å². The van der Waals surface area contributed by atoms with Crippen molar-refractivity contribution in [1.82, 2.24) is 0 Å². The second kappa shape index (κ2) is 7.13. The number of amides is 2. The summed E-state index contributed by atoms with van der Waals surface area (Å²) in [6, 6.07) is 15.1. The van der Waals surface area contributed by atoms with Gasteiger partial charge in [-0.15, -0.1) is 0 Å². The molecule has 2 aromatic carbocycles. The molecule has 0 atom stereocenters. The predicted molar refractivity (Wildman–Crippen MR) is 96.6 cm³/mol. The number of hydrogen-bond acceptors (Lipinski definition) is 2. The molecule has 0 aromatic heterocycles. The zero-order chi connectivity index (χ0) is 16.9. The molecule has 0 heterocycles. The van der Waals surface area contributed by atoms with Gasteiger partial charge in [0.15, 0.2) is 0 Å². The lowest BCUT2D eigenvalue weighted by Crippen LogP contribution is -2.13. The molecular formula is C20H20N2O2. The molecule has 122 valence electrons. The average molecular weight is 320 g/mol. The van der Waals surface area contributed by atoms with E-state index in [1.165, 1.54) is 11.6 Å². The summed E-state index contributed by atoms with van der Waals surface area (Å²) in [4.78, 5) is 23.6. The van der Waals surface area contributed by atoms with Crippen LogP contribution in [0.5, 0.6) is 0 Å². The van der Waals surface area contributed by atoms with E-state index in [9.17, 15) is 9.59 Å². The first-order chi connectivity index (χ1) is 11.6. The molecule has 3 rings (SSSR count). The van der Waals surface area contributed by atoms with Crippen LogP contribution in [0.1, 0.15) is 24.0 Å². The topological polar surface area (TPSA) is 58.2 Å². The van der Waals surface area contributed by atoms with Crippen molar-refractivity contribution in [3.63, 3.8) is 0 Å². The lowest BCUT2D eigenvalue weighted by Gasteiger charge is -2.06. The maximum absolute atomic E-state index is 11.9. The summed E-state index contributed by atoms with van der Waals surface area (Å²) in [7, 11) is 0. The zero-order valence-electron chi connectivity index (χ0n) is 13.6. The minimum absolute atomic E-state index is 0.0767. The van der Waals surface area contributed by atoms with Crippen molar-refractivity contribution in [2.45, 2.75) is 19.8 Å². The van der Waals surface area contributed by atoms with E-state index >= 15 is 0 Å². The molecule has 1 fully saturated rings. The number of rotatable bonds is 5. The summed E-state index contributed by atoms with van der Waals surface area (Å²) in [5.74, 6) is 0.0643. The molecule has 4 heteroatoms. The Morgan fingerprint density at radius 2 is 1.50 bits per heavy atom. The maximum Gasteiger partial charge on any atom is 0.248 e. The van der Waals surface area contributed by atoms with Gasteiger partial charge < -0.3 is 10.6 Å². The molecule has 0 saturated heterocycles. The van der Waals surface area contributed by atoms with E-state index in [2.05, 4.69) is 10.6 Å². The van der Waals surface area contributed by atoms with Gasteiger partial charge >= 0.3 is 0 Å². The molecular weight excluding hydrogens is 300 g/mol. The summed E-state index contributed by atoms with van der Waals surface area (Å²) in [5, 5.41) is 5.67. The van der Waals surface area contributed by atoms with Gasteiger partial charge in [-0.25, -0.2) is 0 Å². The van der Waals surface area contributed by atoms with Crippen molar-refractivity contribution in [3.05, 3.63) is 65.7 Å². The molecule has 0 radical (unpaired) electrons. The lowest BCUT2D eigenvalue weighted by molar-refractivity contribution is -0.117. The van der Waals surface area contributed by atoms with Gasteiger partial charge in [-0.2, -0.15) is 0 Å². The van der Waals surface area contributed by atoms with E-state index in [4.69, 9.17) is 0 Å². The van der Waals surface area contributed by atoms with Gasteiger partial charge in [0.2, 0.25) is 11.8 Å². The Hall–Kier alpha value is -2.88. The van der Waals surface area contributed by atoms with Gasteiger partial charge in [-0.3, -0.25) is 9.59 Å². The first-order valence-electron chi connectivity index (χ1n) is 8.07. The SMILES string of the molecule is Cc1ccc(/C=C/C(=O)Nc2ccc(NC(=O)C3CC3)cc2)cc1. The highest BCUT2D eigenvalue weighted by molar-refractivity contribution is 6.02. The minimum Gasteiger partial charge on any atom is -0.326 e. The van der Waals surface area contributed by atoms with Crippen molar-refractivity contribution >= 4 is 29.3 Å². The van der Waals surface area contributed by atoms with Gasteiger partial charge in [-0.05, 0) is 55.7 Å². The number of aryl methyl sites for hydroxylation is 1. The molecule has 0 aliphatic heterocycles. The fourth-order valence-electron chi connectivity index (χ4n) is 2.26. The van der Waals surface area contributed by atoms with Crippen LogP contribution in [0.3, 0.4) is 0 Å². The van der Waals surface area contributed by atoms with Gasteiger partial charge in [-0.1, -0.05) is 29.8 Å². The highest BCUT2D eigenvalue weighted by atomic mass is 16.2. The van der Waals surface area contributed by atoms with Crippen LogP contribution in [0, 0.1) is 12.8 Å². The first-order valence-corrected chi connectivity index (χ1v) is 8.07. The third-order valence-electron chi connectivity index (χ3n) is 3.87. The molecule has 24 heavy (non-hydrogen) atoms. The van der Waals surface area contributed by atoms with Crippen LogP contribution >= 0.6 is 0 Å². The summed E-state index contributed by atoms with van der Waals surface area (Å²) < 4.78 is 0. The van der Waals surface area contributed by atoms with Crippen molar-refractivity contribution in [1.29, 1.82) is 0 Å². The second-order valence-electron chi connectivity index (χ2n) is 6.07. The zero-order valence-corrected chi connectivity index (χ0v) is 13.6. The number of nitrogens with one attached hydrogen (secondary N) is 2. The Morgan fingerprint density at radius 1 is 0.917 bits per heavy atom. The van der Waals surface area contributed by atoms with E-state index in [0.29, 0.717) is 5.69 Å². The summed E-state index contributed by atoms with van der Waals surface area (Å²) >= 11 is 0. The Morgan fingerprint density at radius 3 is 2.08 bits per heavy atom. The highest BCUT2D eigenvalue weighted by Gasteiger charge is 2.29. The smallest absolute Gasteiger partial charge is 0.248 e. The molecule has 2 amide bonds. The number of benzene rings is 2. The van der Waals surface area contributed by atoms with Crippen LogP contribution in [-0.4, -0.2) is 11.8 Å². The van der Waals surface area contributed by atoms with Crippen molar-refractivity contribution in [2.75, 3.05) is 10.6 Å². The van der Waals surface area contributed by atoms with Gasteiger partial charge in [0, 0.05) is 23.4 Å². The van der Waals surface area contributed by atoms with Crippen LogP contribution in [0.2, 0.25) is 0 Å². The molecule has 0 unspecified atom stereocenters. The van der Waals surface area contributed by atoms with Crippen LogP contribution in [0.15, 0.2) is 54.6 Å². The quantitative estimate of drug-likeness (QED) is 0.818. The molecule has 0 spiro atoms. The normalized spacial score (nSPS) is 13.7. The fraction of sp³-hybridized carbons (Fsp3) is 0.200. The first kappa shape index (κ1) is 16.0. The summed E-state index contributed by atoms with van der Waals surface area (Å²) in [6.07, 6.45) is 5.24. The summed E-state index contributed by atoms with van der Waals surface area (Å²) in [5.41, 5.74) is 3.61. The van der Waals surface area contributed by atoms with Crippen LogP contribution < -0.4 is 10.6 Å². The van der Waals surface area contributed by atoms with Crippen LogP contribution in [0.4, 0.5) is 11.4 Å². The number of carbonyl (C=O) groups is 2. The minimum atomic E-state index is -0.189. The Bertz CT molecular complexity index is 757.